The molecule has 1 aliphatic heterocycles. The van der Waals surface area contributed by atoms with Gasteiger partial charge in [0, 0.05) is 18.7 Å². The van der Waals surface area contributed by atoms with E-state index in [0.717, 1.165) is 25.2 Å². The number of hydrogen-bond donors (Lipinski definition) is 2. The molecule has 0 aromatic heterocycles. The lowest BCUT2D eigenvalue weighted by Crippen LogP contribution is -2.33. The zero-order valence-corrected chi connectivity index (χ0v) is 14.8. The van der Waals surface area contributed by atoms with E-state index < -0.39 is 10.0 Å². The second-order valence-corrected chi connectivity index (χ2v) is 7.78. The summed E-state index contributed by atoms with van der Waals surface area (Å²) in [4.78, 5) is 14.8. The summed E-state index contributed by atoms with van der Waals surface area (Å²) in [5.41, 5.74) is 1.82. The molecule has 1 fully saturated rings. The van der Waals surface area contributed by atoms with E-state index in [1.807, 2.05) is 6.92 Å². The Morgan fingerprint density at radius 2 is 1.87 bits per heavy atom. The summed E-state index contributed by atoms with van der Waals surface area (Å²) >= 11 is 0. The number of aryl methyl sites for hydroxylation is 1. The van der Waals surface area contributed by atoms with Gasteiger partial charge in [-0.1, -0.05) is 0 Å². The van der Waals surface area contributed by atoms with E-state index in [2.05, 4.69) is 14.9 Å². The van der Waals surface area contributed by atoms with Gasteiger partial charge in [0.05, 0.1) is 4.90 Å². The van der Waals surface area contributed by atoms with Gasteiger partial charge < -0.3 is 10.2 Å². The number of sulfonamides is 1. The van der Waals surface area contributed by atoms with Crippen molar-refractivity contribution in [1.82, 2.24) is 14.9 Å². The molecule has 0 aliphatic carbocycles. The van der Waals surface area contributed by atoms with Crippen molar-refractivity contribution in [2.75, 3.05) is 33.2 Å². The van der Waals surface area contributed by atoms with Gasteiger partial charge in [-0.3, -0.25) is 4.79 Å². The summed E-state index contributed by atoms with van der Waals surface area (Å²) in [5, 5.41) is 2.87. The normalized spacial score (nSPS) is 15.8. The van der Waals surface area contributed by atoms with Gasteiger partial charge in [0.15, 0.2) is 0 Å². The molecular formula is C16H25N3O3S. The zero-order chi connectivity index (χ0) is 17.0. The lowest BCUT2D eigenvalue weighted by molar-refractivity contribution is 0.0949. The minimum atomic E-state index is -3.58. The molecule has 0 bridgehead atoms. The van der Waals surface area contributed by atoms with Crippen LogP contribution in [0.3, 0.4) is 0 Å². The topological polar surface area (TPSA) is 78.5 Å². The molecular weight excluding hydrogens is 314 g/mol. The summed E-state index contributed by atoms with van der Waals surface area (Å²) in [6.07, 6.45) is 2.44. The third-order valence-corrected chi connectivity index (χ3v) is 5.89. The second kappa shape index (κ2) is 7.42. The number of benzene rings is 1. The Balaban J connectivity index is 2.10. The predicted molar refractivity (Wildman–Crippen MR) is 90.2 cm³/mol. The SMILES string of the molecule is CNS(=O)(=O)c1cc(C(=O)NCCN2CCCC2)cc(C)c1C. The fraction of sp³-hybridized carbons (Fsp3) is 0.562. The molecule has 0 saturated carbocycles. The third-order valence-electron chi connectivity index (χ3n) is 4.35. The van der Waals surface area contributed by atoms with Gasteiger partial charge in [-0.25, -0.2) is 13.1 Å². The molecule has 0 atom stereocenters. The Bertz CT molecular complexity index is 680. The van der Waals surface area contributed by atoms with E-state index in [9.17, 15) is 13.2 Å². The van der Waals surface area contributed by atoms with Crippen LogP contribution in [0.4, 0.5) is 0 Å². The molecule has 1 aliphatic rings. The van der Waals surface area contributed by atoms with Gasteiger partial charge >= 0.3 is 0 Å². The van der Waals surface area contributed by atoms with Crippen molar-refractivity contribution in [3.05, 3.63) is 28.8 Å². The first-order chi connectivity index (χ1) is 10.8. The molecule has 1 aromatic rings. The quantitative estimate of drug-likeness (QED) is 0.812. The average molecular weight is 339 g/mol. The molecule has 1 heterocycles. The van der Waals surface area contributed by atoms with E-state index in [0.29, 0.717) is 17.7 Å². The molecule has 7 heteroatoms. The van der Waals surface area contributed by atoms with Crippen molar-refractivity contribution in [3.8, 4) is 0 Å². The Morgan fingerprint density at radius 3 is 2.48 bits per heavy atom. The van der Waals surface area contributed by atoms with Gasteiger partial charge in [0.2, 0.25) is 10.0 Å². The van der Waals surface area contributed by atoms with Gasteiger partial charge in [0.1, 0.15) is 0 Å². The number of amides is 1. The van der Waals surface area contributed by atoms with Crippen molar-refractivity contribution >= 4 is 15.9 Å². The average Bonchev–Trinajstić information content (AvgIpc) is 3.02. The largest absolute Gasteiger partial charge is 0.351 e. The maximum Gasteiger partial charge on any atom is 0.251 e. The Hall–Kier alpha value is -1.44. The van der Waals surface area contributed by atoms with Crippen molar-refractivity contribution in [1.29, 1.82) is 0 Å². The highest BCUT2D eigenvalue weighted by Gasteiger charge is 2.19. The maximum atomic E-state index is 12.3. The number of carbonyl (C=O) groups excluding carboxylic acids is 1. The van der Waals surface area contributed by atoms with Crippen LogP contribution in [0.2, 0.25) is 0 Å². The molecule has 1 aromatic carbocycles. The fourth-order valence-corrected chi connectivity index (χ4v) is 3.85. The van der Waals surface area contributed by atoms with Crippen LogP contribution in [0, 0.1) is 13.8 Å². The standard InChI is InChI=1S/C16H25N3O3S/c1-12-10-14(11-15(13(12)2)23(21,22)17-3)16(20)18-6-9-19-7-4-5-8-19/h10-11,17H,4-9H2,1-3H3,(H,18,20). The smallest absolute Gasteiger partial charge is 0.251 e. The highest BCUT2D eigenvalue weighted by Crippen LogP contribution is 2.21. The lowest BCUT2D eigenvalue weighted by Gasteiger charge is -2.15. The van der Waals surface area contributed by atoms with Crippen LogP contribution in [-0.2, 0) is 10.0 Å². The molecule has 0 radical (unpaired) electrons. The molecule has 0 unspecified atom stereocenters. The van der Waals surface area contributed by atoms with Crippen molar-refractivity contribution in [3.63, 3.8) is 0 Å². The summed E-state index contributed by atoms with van der Waals surface area (Å²) < 4.78 is 26.5. The molecule has 2 rings (SSSR count). The van der Waals surface area contributed by atoms with Crippen molar-refractivity contribution in [2.24, 2.45) is 0 Å². The minimum absolute atomic E-state index is 0.157. The van der Waals surface area contributed by atoms with Crippen LogP contribution in [0.15, 0.2) is 17.0 Å². The summed E-state index contributed by atoms with van der Waals surface area (Å²) in [7, 11) is -2.21. The van der Waals surface area contributed by atoms with Crippen LogP contribution < -0.4 is 10.0 Å². The first-order valence-electron chi connectivity index (χ1n) is 7.90. The maximum absolute atomic E-state index is 12.3. The van der Waals surface area contributed by atoms with E-state index in [1.54, 1.807) is 13.0 Å². The number of rotatable bonds is 6. The highest BCUT2D eigenvalue weighted by molar-refractivity contribution is 7.89. The molecule has 6 nitrogen and oxygen atoms in total. The summed E-state index contributed by atoms with van der Waals surface area (Å²) in [5.74, 6) is -0.236. The monoisotopic (exact) mass is 339 g/mol. The molecule has 128 valence electrons. The van der Waals surface area contributed by atoms with Crippen molar-refractivity contribution < 1.29 is 13.2 Å². The fourth-order valence-electron chi connectivity index (χ4n) is 2.78. The van der Waals surface area contributed by atoms with Crippen LogP contribution in [-0.4, -0.2) is 52.5 Å². The van der Waals surface area contributed by atoms with Crippen LogP contribution in [0.25, 0.3) is 0 Å². The number of likely N-dealkylation sites (tertiary alicyclic amines) is 1. The third kappa shape index (κ3) is 4.31. The second-order valence-electron chi connectivity index (χ2n) is 5.93. The highest BCUT2D eigenvalue weighted by atomic mass is 32.2. The van der Waals surface area contributed by atoms with E-state index in [1.165, 1.54) is 26.0 Å². The first-order valence-corrected chi connectivity index (χ1v) is 9.39. The van der Waals surface area contributed by atoms with Gasteiger partial charge in [-0.15, -0.1) is 0 Å². The van der Waals surface area contributed by atoms with Crippen LogP contribution in [0.5, 0.6) is 0 Å². The van der Waals surface area contributed by atoms with Crippen LogP contribution in [0.1, 0.15) is 34.3 Å². The molecule has 2 N–H and O–H groups in total. The van der Waals surface area contributed by atoms with Gasteiger partial charge in [-0.2, -0.15) is 0 Å². The first kappa shape index (κ1) is 17.9. The molecule has 23 heavy (non-hydrogen) atoms. The van der Waals surface area contributed by atoms with E-state index in [4.69, 9.17) is 0 Å². The van der Waals surface area contributed by atoms with Gasteiger partial charge in [0.25, 0.3) is 5.91 Å². The number of hydrogen-bond acceptors (Lipinski definition) is 4. The Morgan fingerprint density at radius 1 is 1.22 bits per heavy atom. The molecule has 1 saturated heterocycles. The Labute approximate surface area is 138 Å². The number of carbonyl (C=O) groups is 1. The van der Waals surface area contributed by atoms with Crippen molar-refractivity contribution in [2.45, 2.75) is 31.6 Å². The van der Waals surface area contributed by atoms with E-state index >= 15 is 0 Å². The zero-order valence-electron chi connectivity index (χ0n) is 14.0. The number of nitrogens with zero attached hydrogens (tertiary/aromatic N) is 1. The summed E-state index contributed by atoms with van der Waals surface area (Å²) in [6, 6.07) is 3.18. The predicted octanol–water partition coefficient (Wildman–Crippen LogP) is 1.04. The molecule has 1 amide bonds. The summed E-state index contributed by atoms with van der Waals surface area (Å²) in [6.45, 7) is 7.13. The number of nitrogens with one attached hydrogen (secondary N) is 2. The van der Waals surface area contributed by atoms with Gasteiger partial charge in [-0.05, 0) is 70.1 Å². The minimum Gasteiger partial charge on any atom is -0.351 e. The lowest BCUT2D eigenvalue weighted by atomic mass is 10.1. The Kier molecular flexibility index (Phi) is 5.78. The van der Waals surface area contributed by atoms with Crippen LogP contribution >= 0.6 is 0 Å². The molecule has 0 spiro atoms. The van der Waals surface area contributed by atoms with E-state index in [-0.39, 0.29) is 10.8 Å².